The zero-order valence-corrected chi connectivity index (χ0v) is 11.2. The molecule has 0 unspecified atom stereocenters. The number of nitrogens with one attached hydrogen (secondary N) is 1. The lowest BCUT2D eigenvalue weighted by molar-refractivity contribution is 0.0924. The van der Waals surface area contributed by atoms with Crippen LogP contribution in [0, 0.1) is 0 Å². The average Bonchev–Trinajstić information content (AvgIpc) is 3.04. The maximum Gasteiger partial charge on any atom is 0.287 e. The number of hydrogen-bond acceptors (Lipinski definition) is 4. The monoisotopic (exact) mass is 283 g/mol. The van der Waals surface area contributed by atoms with Gasteiger partial charge in [0.1, 0.15) is 0 Å². The van der Waals surface area contributed by atoms with Crippen molar-refractivity contribution < 1.29 is 9.21 Å². The van der Waals surface area contributed by atoms with Gasteiger partial charge in [-0.05, 0) is 18.2 Å². The molecule has 6 nitrogen and oxygen atoms in total. The zero-order valence-electron chi connectivity index (χ0n) is 11.2. The topological polar surface area (TPSA) is 77.1 Å². The molecule has 0 bridgehead atoms. The lowest BCUT2D eigenvalue weighted by Gasteiger charge is -2.06. The van der Waals surface area contributed by atoms with Gasteiger partial charge >= 0.3 is 0 Å². The van der Waals surface area contributed by atoms with Crippen LogP contribution in [0.2, 0.25) is 0 Å². The Morgan fingerprint density at radius 1 is 1.24 bits per heavy atom. The summed E-state index contributed by atoms with van der Waals surface area (Å²) in [4.78, 5) is 23.9. The van der Waals surface area contributed by atoms with E-state index in [2.05, 4.69) is 10.4 Å². The van der Waals surface area contributed by atoms with Gasteiger partial charge < -0.3 is 9.73 Å². The first kappa shape index (κ1) is 13.1. The Kier molecular flexibility index (Phi) is 3.51. The number of aromatic nitrogens is 2. The molecular weight excluding hydrogens is 270 g/mol. The van der Waals surface area contributed by atoms with Crippen LogP contribution in [0.1, 0.15) is 10.6 Å². The van der Waals surface area contributed by atoms with Gasteiger partial charge in [0.25, 0.3) is 11.5 Å². The van der Waals surface area contributed by atoms with Crippen molar-refractivity contribution in [3.63, 3.8) is 0 Å². The van der Waals surface area contributed by atoms with E-state index >= 15 is 0 Å². The van der Waals surface area contributed by atoms with E-state index < -0.39 is 0 Å². The maximum atomic E-state index is 12.2. The van der Waals surface area contributed by atoms with Crippen LogP contribution in [-0.2, 0) is 6.54 Å². The summed E-state index contributed by atoms with van der Waals surface area (Å²) >= 11 is 0. The van der Waals surface area contributed by atoms with Gasteiger partial charge in [-0.3, -0.25) is 9.59 Å². The van der Waals surface area contributed by atoms with E-state index in [9.17, 15) is 9.59 Å². The SMILES string of the molecule is O=C(NCCn1ncc2ccccc2c1=O)c1ccco1. The maximum absolute atomic E-state index is 12.2. The van der Waals surface area contributed by atoms with Gasteiger partial charge in [-0.2, -0.15) is 5.10 Å². The molecule has 3 rings (SSSR count). The van der Waals surface area contributed by atoms with Crippen molar-refractivity contribution in [3.05, 3.63) is 65.0 Å². The molecule has 0 radical (unpaired) electrons. The minimum absolute atomic E-state index is 0.166. The summed E-state index contributed by atoms with van der Waals surface area (Å²) in [5.74, 6) is -0.0670. The van der Waals surface area contributed by atoms with Crippen LogP contribution in [0.15, 0.2) is 58.1 Å². The van der Waals surface area contributed by atoms with Gasteiger partial charge in [-0.15, -0.1) is 0 Å². The summed E-state index contributed by atoms with van der Waals surface area (Å²) in [6.45, 7) is 0.598. The predicted molar refractivity (Wildman–Crippen MR) is 77.0 cm³/mol. The van der Waals surface area contributed by atoms with Crippen molar-refractivity contribution in [1.29, 1.82) is 0 Å². The Morgan fingerprint density at radius 2 is 2.10 bits per heavy atom. The van der Waals surface area contributed by atoms with E-state index in [1.165, 1.54) is 10.9 Å². The van der Waals surface area contributed by atoms with Crippen LogP contribution in [0.3, 0.4) is 0 Å². The lowest BCUT2D eigenvalue weighted by Crippen LogP contribution is -2.31. The number of carbonyl (C=O) groups excluding carboxylic acids is 1. The van der Waals surface area contributed by atoms with E-state index in [0.29, 0.717) is 18.5 Å². The van der Waals surface area contributed by atoms with Crippen LogP contribution in [0.5, 0.6) is 0 Å². The third kappa shape index (κ3) is 2.69. The number of fused-ring (bicyclic) bond motifs is 1. The molecule has 1 N–H and O–H groups in total. The number of carbonyl (C=O) groups is 1. The number of rotatable bonds is 4. The normalized spacial score (nSPS) is 10.7. The molecule has 3 aromatic rings. The summed E-state index contributed by atoms with van der Waals surface area (Å²) in [7, 11) is 0. The number of furan rings is 1. The quantitative estimate of drug-likeness (QED) is 0.785. The van der Waals surface area contributed by atoms with Crippen molar-refractivity contribution in [2.24, 2.45) is 0 Å². The molecule has 106 valence electrons. The Morgan fingerprint density at radius 3 is 2.90 bits per heavy atom. The molecule has 0 saturated carbocycles. The average molecular weight is 283 g/mol. The molecule has 2 heterocycles. The molecule has 0 fully saturated rings. The Balaban J connectivity index is 1.70. The van der Waals surface area contributed by atoms with Crippen molar-refractivity contribution in [1.82, 2.24) is 15.1 Å². The molecule has 1 amide bonds. The zero-order chi connectivity index (χ0) is 14.7. The first-order chi connectivity index (χ1) is 10.3. The first-order valence-corrected chi connectivity index (χ1v) is 6.52. The summed E-state index contributed by atoms with van der Waals surface area (Å²) < 4.78 is 6.32. The molecule has 21 heavy (non-hydrogen) atoms. The van der Waals surface area contributed by atoms with Crippen molar-refractivity contribution in [2.45, 2.75) is 6.54 Å². The Hall–Kier alpha value is -2.89. The molecular formula is C15H13N3O3. The summed E-state index contributed by atoms with van der Waals surface area (Å²) in [6.07, 6.45) is 3.08. The third-order valence-corrected chi connectivity index (χ3v) is 3.12. The molecule has 1 aromatic carbocycles. The van der Waals surface area contributed by atoms with Crippen molar-refractivity contribution in [3.8, 4) is 0 Å². The van der Waals surface area contributed by atoms with Crippen LogP contribution in [0.25, 0.3) is 10.8 Å². The fourth-order valence-corrected chi connectivity index (χ4v) is 2.06. The van der Waals surface area contributed by atoms with E-state index in [1.54, 1.807) is 24.4 Å². The largest absolute Gasteiger partial charge is 0.459 e. The van der Waals surface area contributed by atoms with Crippen molar-refractivity contribution >= 4 is 16.7 Å². The van der Waals surface area contributed by atoms with Gasteiger partial charge in [0.15, 0.2) is 5.76 Å². The first-order valence-electron chi connectivity index (χ1n) is 6.52. The van der Waals surface area contributed by atoms with Crippen molar-refractivity contribution in [2.75, 3.05) is 6.54 Å². The van der Waals surface area contributed by atoms with Gasteiger partial charge in [0.2, 0.25) is 0 Å². The number of benzene rings is 1. The molecule has 0 saturated heterocycles. The minimum atomic E-state index is -0.311. The van der Waals surface area contributed by atoms with Crippen LogP contribution < -0.4 is 10.9 Å². The standard InChI is InChI=1S/C15H13N3O3/c19-14(13-6-3-9-21-13)16-7-8-18-15(20)12-5-2-1-4-11(12)10-17-18/h1-6,9-10H,7-8H2,(H,16,19). The smallest absolute Gasteiger partial charge is 0.287 e. The van der Waals surface area contributed by atoms with E-state index in [-0.39, 0.29) is 17.2 Å². The van der Waals surface area contributed by atoms with Gasteiger partial charge in [0.05, 0.1) is 24.4 Å². The highest BCUT2D eigenvalue weighted by atomic mass is 16.3. The second-order valence-corrected chi connectivity index (χ2v) is 4.49. The molecule has 0 spiro atoms. The fourth-order valence-electron chi connectivity index (χ4n) is 2.06. The second-order valence-electron chi connectivity index (χ2n) is 4.49. The lowest BCUT2D eigenvalue weighted by atomic mass is 10.2. The van der Waals surface area contributed by atoms with Gasteiger partial charge in [-0.25, -0.2) is 4.68 Å². The highest BCUT2D eigenvalue weighted by molar-refractivity contribution is 5.91. The van der Waals surface area contributed by atoms with Crippen LogP contribution >= 0.6 is 0 Å². The van der Waals surface area contributed by atoms with Gasteiger partial charge in [0, 0.05) is 11.9 Å². The molecule has 2 aromatic heterocycles. The summed E-state index contributed by atoms with van der Waals surface area (Å²) in [5.41, 5.74) is -0.166. The third-order valence-electron chi connectivity index (χ3n) is 3.12. The second kappa shape index (κ2) is 5.62. The van der Waals surface area contributed by atoms with Gasteiger partial charge in [-0.1, -0.05) is 18.2 Å². The minimum Gasteiger partial charge on any atom is -0.459 e. The van der Waals surface area contributed by atoms with Crippen LogP contribution in [0.4, 0.5) is 0 Å². The summed E-state index contributed by atoms with van der Waals surface area (Å²) in [5, 5.41) is 8.19. The number of hydrogen-bond donors (Lipinski definition) is 1. The molecule has 0 aliphatic carbocycles. The van der Waals surface area contributed by atoms with E-state index in [1.807, 2.05) is 18.2 Å². The molecule has 0 aliphatic heterocycles. The van der Waals surface area contributed by atoms with Crippen LogP contribution in [-0.4, -0.2) is 22.2 Å². The molecule has 0 atom stereocenters. The number of amides is 1. The fraction of sp³-hybridized carbons (Fsp3) is 0.133. The van der Waals surface area contributed by atoms with E-state index in [0.717, 1.165) is 5.39 Å². The number of nitrogens with zero attached hydrogens (tertiary/aromatic N) is 2. The Labute approximate surface area is 120 Å². The summed E-state index contributed by atoms with van der Waals surface area (Å²) in [6, 6.07) is 10.5. The highest BCUT2D eigenvalue weighted by Crippen LogP contribution is 2.06. The predicted octanol–water partition coefficient (Wildman–Crippen LogP) is 1.42. The molecule has 6 heteroatoms. The Bertz CT molecular complexity index is 822. The highest BCUT2D eigenvalue weighted by Gasteiger charge is 2.08. The van der Waals surface area contributed by atoms with E-state index in [4.69, 9.17) is 4.42 Å². The molecule has 0 aliphatic rings.